The lowest BCUT2D eigenvalue weighted by atomic mass is 10.1. The molecule has 0 radical (unpaired) electrons. The van der Waals surface area contributed by atoms with Gasteiger partial charge in [-0.25, -0.2) is 4.39 Å². The van der Waals surface area contributed by atoms with Crippen LogP contribution in [-0.4, -0.2) is 23.4 Å². The topological polar surface area (TPSA) is 52.5 Å². The predicted molar refractivity (Wildman–Crippen MR) is 65.3 cm³/mol. The van der Waals surface area contributed by atoms with Crippen molar-refractivity contribution in [1.82, 2.24) is 5.32 Å². The Morgan fingerprint density at radius 3 is 2.88 bits per heavy atom. The highest BCUT2D eigenvalue weighted by molar-refractivity contribution is 5.33. The first-order chi connectivity index (χ1) is 8.15. The molecule has 0 fully saturated rings. The molecule has 0 saturated carbocycles. The average Bonchev–Trinajstić information content (AvgIpc) is 2.33. The first-order valence-corrected chi connectivity index (χ1v) is 5.93. The molecule has 1 atom stereocenters. The number of phenols is 1. The molecule has 1 aromatic carbocycles. The van der Waals surface area contributed by atoms with Gasteiger partial charge in [0.1, 0.15) is 0 Å². The summed E-state index contributed by atoms with van der Waals surface area (Å²) in [5.41, 5.74) is 0.570. The molecular weight excluding hydrogens is 221 g/mol. The standard InChI is InChI=1S/C13H20FNO2/c1-10(9-16)4-3-7-15-8-11-5-2-6-12(14)13(11)17/h2,5-6,10,15-17H,3-4,7-9H2,1H3. The van der Waals surface area contributed by atoms with Gasteiger partial charge in [0, 0.05) is 18.7 Å². The van der Waals surface area contributed by atoms with Crippen molar-refractivity contribution in [3.63, 3.8) is 0 Å². The quantitative estimate of drug-likeness (QED) is 0.640. The van der Waals surface area contributed by atoms with Crippen LogP contribution in [0, 0.1) is 11.7 Å². The second-order valence-electron chi connectivity index (χ2n) is 4.35. The van der Waals surface area contributed by atoms with Crippen molar-refractivity contribution in [2.24, 2.45) is 5.92 Å². The number of aromatic hydroxyl groups is 1. The second kappa shape index (κ2) is 7.25. The number of halogens is 1. The first kappa shape index (κ1) is 13.9. The van der Waals surface area contributed by atoms with Crippen LogP contribution in [0.3, 0.4) is 0 Å². The van der Waals surface area contributed by atoms with E-state index in [9.17, 15) is 9.50 Å². The number of hydrogen-bond donors (Lipinski definition) is 3. The summed E-state index contributed by atoms with van der Waals surface area (Å²) in [6, 6.07) is 4.52. The van der Waals surface area contributed by atoms with Gasteiger partial charge < -0.3 is 15.5 Å². The molecule has 4 heteroatoms. The van der Waals surface area contributed by atoms with Crippen LogP contribution >= 0.6 is 0 Å². The highest BCUT2D eigenvalue weighted by Gasteiger charge is 2.05. The van der Waals surface area contributed by atoms with Gasteiger partial charge in [0.05, 0.1) is 0 Å². The lowest BCUT2D eigenvalue weighted by molar-refractivity contribution is 0.228. The Morgan fingerprint density at radius 2 is 2.18 bits per heavy atom. The van der Waals surface area contributed by atoms with Crippen LogP contribution in [0.4, 0.5) is 4.39 Å². The molecule has 96 valence electrons. The summed E-state index contributed by atoms with van der Waals surface area (Å²) >= 11 is 0. The number of hydrogen-bond acceptors (Lipinski definition) is 3. The number of rotatable bonds is 7. The number of nitrogens with one attached hydrogen (secondary N) is 1. The molecule has 0 bridgehead atoms. The summed E-state index contributed by atoms with van der Waals surface area (Å²) in [4.78, 5) is 0. The van der Waals surface area contributed by atoms with Gasteiger partial charge in [-0.15, -0.1) is 0 Å². The van der Waals surface area contributed by atoms with Crippen LogP contribution in [0.2, 0.25) is 0 Å². The molecule has 0 aliphatic carbocycles. The van der Waals surface area contributed by atoms with E-state index >= 15 is 0 Å². The minimum atomic E-state index is -0.585. The fourth-order valence-electron chi connectivity index (χ4n) is 1.59. The number of phenolic OH excluding ortho intramolecular Hbond substituents is 1. The van der Waals surface area contributed by atoms with Gasteiger partial charge in [0.25, 0.3) is 0 Å². The monoisotopic (exact) mass is 241 g/mol. The number of para-hydroxylation sites is 1. The van der Waals surface area contributed by atoms with Gasteiger partial charge in [-0.1, -0.05) is 19.1 Å². The normalized spacial score (nSPS) is 12.6. The highest BCUT2D eigenvalue weighted by atomic mass is 19.1. The summed E-state index contributed by atoms with van der Waals surface area (Å²) < 4.78 is 13.0. The Morgan fingerprint density at radius 1 is 1.41 bits per heavy atom. The van der Waals surface area contributed by atoms with E-state index in [4.69, 9.17) is 5.11 Å². The number of aliphatic hydroxyl groups excluding tert-OH is 1. The zero-order valence-corrected chi connectivity index (χ0v) is 10.1. The fraction of sp³-hybridized carbons (Fsp3) is 0.538. The third kappa shape index (κ3) is 4.71. The van der Waals surface area contributed by atoms with E-state index < -0.39 is 5.82 Å². The maximum Gasteiger partial charge on any atom is 0.165 e. The van der Waals surface area contributed by atoms with Crippen LogP contribution in [0.5, 0.6) is 5.75 Å². The lowest BCUT2D eigenvalue weighted by Crippen LogP contribution is -2.16. The van der Waals surface area contributed by atoms with E-state index in [0.717, 1.165) is 19.4 Å². The van der Waals surface area contributed by atoms with E-state index in [1.54, 1.807) is 12.1 Å². The Kier molecular flexibility index (Phi) is 5.94. The zero-order valence-electron chi connectivity index (χ0n) is 10.1. The van der Waals surface area contributed by atoms with Gasteiger partial charge >= 0.3 is 0 Å². The van der Waals surface area contributed by atoms with Gasteiger partial charge in [0.2, 0.25) is 0 Å². The minimum absolute atomic E-state index is 0.213. The third-order valence-corrected chi connectivity index (χ3v) is 2.75. The lowest BCUT2D eigenvalue weighted by Gasteiger charge is -2.09. The van der Waals surface area contributed by atoms with Crippen molar-refractivity contribution in [3.8, 4) is 5.75 Å². The van der Waals surface area contributed by atoms with Crippen LogP contribution < -0.4 is 5.32 Å². The van der Waals surface area contributed by atoms with E-state index in [1.807, 2.05) is 6.92 Å². The molecule has 0 heterocycles. The zero-order chi connectivity index (χ0) is 12.7. The summed E-state index contributed by atoms with van der Waals surface area (Å²) in [6.45, 7) is 3.46. The van der Waals surface area contributed by atoms with E-state index in [-0.39, 0.29) is 12.4 Å². The van der Waals surface area contributed by atoms with Crippen LogP contribution in [0.15, 0.2) is 18.2 Å². The first-order valence-electron chi connectivity index (χ1n) is 5.93. The van der Waals surface area contributed by atoms with Crippen molar-refractivity contribution in [1.29, 1.82) is 0 Å². The predicted octanol–water partition coefficient (Wildman–Crippen LogP) is 2.03. The maximum absolute atomic E-state index is 13.0. The molecule has 3 N–H and O–H groups in total. The van der Waals surface area contributed by atoms with Crippen LogP contribution in [-0.2, 0) is 6.54 Å². The number of benzene rings is 1. The van der Waals surface area contributed by atoms with Gasteiger partial charge in [0.15, 0.2) is 11.6 Å². The Bertz CT molecular complexity index is 344. The largest absolute Gasteiger partial charge is 0.505 e. The van der Waals surface area contributed by atoms with Gasteiger partial charge in [-0.2, -0.15) is 0 Å². The summed E-state index contributed by atoms with van der Waals surface area (Å²) in [7, 11) is 0. The molecule has 17 heavy (non-hydrogen) atoms. The van der Waals surface area contributed by atoms with E-state index in [2.05, 4.69) is 5.32 Å². The number of aliphatic hydroxyl groups is 1. The fourth-order valence-corrected chi connectivity index (χ4v) is 1.59. The second-order valence-corrected chi connectivity index (χ2v) is 4.35. The highest BCUT2D eigenvalue weighted by Crippen LogP contribution is 2.20. The van der Waals surface area contributed by atoms with Crippen molar-refractivity contribution in [2.45, 2.75) is 26.3 Å². The Balaban J connectivity index is 2.25. The molecule has 1 rings (SSSR count). The van der Waals surface area contributed by atoms with Gasteiger partial charge in [-0.3, -0.25) is 0 Å². The van der Waals surface area contributed by atoms with Crippen molar-refractivity contribution in [2.75, 3.05) is 13.2 Å². The smallest absolute Gasteiger partial charge is 0.165 e. The molecule has 0 amide bonds. The van der Waals surface area contributed by atoms with E-state index in [1.165, 1.54) is 6.07 Å². The Labute approximate surface area is 101 Å². The summed E-state index contributed by atoms with van der Waals surface area (Å²) in [6.07, 6.45) is 1.91. The third-order valence-electron chi connectivity index (χ3n) is 2.75. The molecule has 1 aromatic rings. The molecule has 0 saturated heterocycles. The molecule has 0 aromatic heterocycles. The maximum atomic E-state index is 13.0. The summed E-state index contributed by atoms with van der Waals surface area (Å²) in [5.74, 6) is -0.540. The van der Waals surface area contributed by atoms with E-state index in [0.29, 0.717) is 18.0 Å². The minimum Gasteiger partial charge on any atom is -0.505 e. The molecule has 0 spiro atoms. The molecule has 0 aliphatic heterocycles. The average molecular weight is 241 g/mol. The van der Waals surface area contributed by atoms with Crippen molar-refractivity contribution >= 4 is 0 Å². The molecule has 3 nitrogen and oxygen atoms in total. The van der Waals surface area contributed by atoms with Crippen molar-refractivity contribution < 1.29 is 14.6 Å². The summed E-state index contributed by atoms with van der Waals surface area (Å²) in [5, 5.41) is 21.4. The molecule has 1 unspecified atom stereocenters. The van der Waals surface area contributed by atoms with Crippen molar-refractivity contribution in [3.05, 3.63) is 29.6 Å². The van der Waals surface area contributed by atoms with Gasteiger partial charge in [-0.05, 0) is 31.4 Å². The SMILES string of the molecule is CC(CO)CCCNCc1cccc(F)c1O. The molecule has 0 aliphatic rings. The Hall–Kier alpha value is -1.13. The molecular formula is C13H20FNO2. The van der Waals surface area contributed by atoms with Crippen LogP contribution in [0.1, 0.15) is 25.3 Å². The van der Waals surface area contributed by atoms with Crippen LogP contribution in [0.25, 0.3) is 0 Å².